The SMILES string of the molecule is CCNC(C)CCSc1ncco1. The van der Waals surface area contributed by atoms with Gasteiger partial charge in [-0.2, -0.15) is 0 Å². The summed E-state index contributed by atoms with van der Waals surface area (Å²) in [6.07, 6.45) is 4.42. The minimum absolute atomic E-state index is 0.576. The summed E-state index contributed by atoms with van der Waals surface area (Å²) in [6.45, 7) is 5.35. The van der Waals surface area contributed by atoms with Crippen LogP contribution in [0.5, 0.6) is 0 Å². The van der Waals surface area contributed by atoms with Crippen LogP contribution in [0, 0.1) is 0 Å². The van der Waals surface area contributed by atoms with E-state index in [0.717, 1.165) is 23.9 Å². The predicted octanol–water partition coefficient (Wildman–Crippen LogP) is 2.15. The lowest BCUT2D eigenvalue weighted by Crippen LogP contribution is -2.25. The monoisotopic (exact) mass is 200 g/mol. The van der Waals surface area contributed by atoms with E-state index in [4.69, 9.17) is 4.42 Å². The largest absolute Gasteiger partial charge is 0.440 e. The average molecular weight is 200 g/mol. The van der Waals surface area contributed by atoms with E-state index in [0.29, 0.717) is 6.04 Å². The van der Waals surface area contributed by atoms with Gasteiger partial charge in [-0.1, -0.05) is 18.7 Å². The molecule has 0 aliphatic carbocycles. The molecule has 74 valence electrons. The first-order valence-corrected chi connectivity index (χ1v) is 5.57. The number of thioether (sulfide) groups is 1. The molecule has 0 aromatic carbocycles. The van der Waals surface area contributed by atoms with Gasteiger partial charge in [-0.25, -0.2) is 4.98 Å². The van der Waals surface area contributed by atoms with Gasteiger partial charge >= 0.3 is 0 Å². The van der Waals surface area contributed by atoms with Gasteiger partial charge < -0.3 is 9.73 Å². The molecule has 0 aliphatic rings. The third-order valence-corrected chi connectivity index (χ3v) is 2.63. The van der Waals surface area contributed by atoms with Crippen molar-refractivity contribution in [2.75, 3.05) is 12.3 Å². The molecule has 1 unspecified atom stereocenters. The molecule has 1 heterocycles. The first kappa shape index (κ1) is 10.6. The Bertz CT molecular complexity index is 213. The second-order valence-electron chi connectivity index (χ2n) is 2.89. The highest BCUT2D eigenvalue weighted by atomic mass is 32.2. The van der Waals surface area contributed by atoms with Crippen molar-refractivity contribution in [1.29, 1.82) is 0 Å². The summed E-state index contributed by atoms with van der Waals surface area (Å²) in [4.78, 5) is 4.03. The van der Waals surface area contributed by atoms with Crippen molar-refractivity contribution in [3.8, 4) is 0 Å². The third-order valence-electron chi connectivity index (χ3n) is 1.74. The smallest absolute Gasteiger partial charge is 0.255 e. The van der Waals surface area contributed by atoms with E-state index < -0.39 is 0 Å². The highest BCUT2D eigenvalue weighted by Gasteiger charge is 2.02. The fourth-order valence-electron chi connectivity index (χ4n) is 1.06. The highest BCUT2D eigenvalue weighted by molar-refractivity contribution is 7.99. The maximum absolute atomic E-state index is 5.11. The van der Waals surface area contributed by atoms with E-state index in [2.05, 4.69) is 24.1 Å². The van der Waals surface area contributed by atoms with Gasteiger partial charge in [0.25, 0.3) is 5.22 Å². The van der Waals surface area contributed by atoms with E-state index in [-0.39, 0.29) is 0 Å². The van der Waals surface area contributed by atoms with Crippen LogP contribution in [0.2, 0.25) is 0 Å². The Labute approximate surface area is 83.3 Å². The van der Waals surface area contributed by atoms with Crippen molar-refractivity contribution in [1.82, 2.24) is 10.3 Å². The first-order chi connectivity index (χ1) is 6.33. The summed E-state index contributed by atoms with van der Waals surface area (Å²) in [6, 6.07) is 0.576. The molecule has 0 amide bonds. The molecule has 0 aliphatic heterocycles. The van der Waals surface area contributed by atoms with Gasteiger partial charge in [0, 0.05) is 11.8 Å². The van der Waals surface area contributed by atoms with Crippen LogP contribution >= 0.6 is 11.8 Å². The molecular formula is C9H16N2OS. The molecule has 13 heavy (non-hydrogen) atoms. The number of hydrogen-bond donors (Lipinski definition) is 1. The molecule has 1 aromatic rings. The molecular weight excluding hydrogens is 184 g/mol. The zero-order chi connectivity index (χ0) is 9.52. The van der Waals surface area contributed by atoms with Gasteiger partial charge in [0.15, 0.2) is 0 Å². The topological polar surface area (TPSA) is 38.1 Å². The summed E-state index contributed by atoms with van der Waals surface area (Å²) in [7, 11) is 0. The molecule has 1 rings (SSSR count). The zero-order valence-electron chi connectivity index (χ0n) is 8.12. The van der Waals surface area contributed by atoms with Crippen molar-refractivity contribution in [2.45, 2.75) is 31.5 Å². The Balaban J connectivity index is 2.07. The van der Waals surface area contributed by atoms with Gasteiger partial charge in [0.05, 0.1) is 6.20 Å². The minimum Gasteiger partial charge on any atom is -0.440 e. The van der Waals surface area contributed by atoms with Crippen LogP contribution < -0.4 is 5.32 Å². The number of aromatic nitrogens is 1. The average Bonchev–Trinajstić information content (AvgIpc) is 2.57. The summed E-state index contributed by atoms with van der Waals surface area (Å²) in [5, 5.41) is 4.13. The van der Waals surface area contributed by atoms with Crippen LogP contribution in [0.25, 0.3) is 0 Å². The molecule has 3 nitrogen and oxygen atoms in total. The van der Waals surface area contributed by atoms with E-state index in [1.807, 2.05) is 0 Å². The Kier molecular flexibility index (Phi) is 4.93. The predicted molar refractivity (Wildman–Crippen MR) is 55.0 cm³/mol. The van der Waals surface area contributed by atoms with Gasteiger partial charge in [0.1, 0.15) is 6.26 Å². The van der Waals surface area contributed by atoms with Gasteiger partial charge in [-0.15, -0.1) is 0 Å². The van der Waals surface area contributed by atoms with Gasteiger partial charge in [-0.3, -0.25) is 0 Å². The quantitative estimate of drug-likeness (QED) is 0.714. The number of rotatable bonds is 6. The number of hydrogen-bond acceptors (Lipinski definition) is 4. The standard InChI is InChI=1S/C9H16N2OS/c1-3-10-8(2)4-7-13-9-11-5-6-12-9/h5-6,8,10H,3-4,7H2,1-2H3. The molecule has 1 atom stereocenters. The Morgan fingerprint density at radius 1 is 1.69 bits per heavy atom. The number of oxazole rings is 1. The lowest BCUT2D eigenvalue weighted by atomic mass is 10.3. The summed E-state index contributed by atoms with van der Waals surface area (Å²) < 4.78 is 5.11. The molecule has 0 saturated heterocycles. The zero-order valence-corrected chi connectivity index (χ0v) is 8.93. The minimum atomic E-state index is 0.576. The van der Waals surface area contributed by atoms with E-state index in [1.54, 1.807) is 24.2 Å². The molecule has 0 spiro atoms. The number of nitrogens with zero attached hydrogens (tertiary/aromatic N) is 1. The normalized spacial score (nSPS) is 13.1. The lowest BCUT2D eigenvalue weighted by molar-refractivity contribution is 0.453. The fraction of sp³-hybridized carbons (Fsp3) is 0.667. The second kappa shape index (κ2) is 6.05. The van der Waals surface area contributed by atoms with Crippen LogP contribution in [-0.4, -0.2) is 23.3 Å². The van der Waals surface area contributed by atoms with Crippen LogP contribution in [0.4, 0.5) is 0 Å². The van der Waals surface area contributed by atoms with Crippen LogP contribution in [0.1, 0.15) is 20.3 Å². The summed E-state index contributed by atoms with van der Waals surface area (Å²) in [5.41, 5.74) is 0. The molecule has 1 aromatic heterocycles. The van der Waals surface area contributed by atoms with E-state index in [9.17, 15) is 0 Å². The molecule has 0 radical (unpaired) electrons. The fourth-order valence-corrected chi connectivity index (χ4v) is 1.96. The van der Waals surface area contributed by atoms with Crippen molar-refractivity contribution in [2.24, 2.45) is 0 Å². The van der Waals surface area contributed by atoms with E-state index in [1.165, 1.54) is 0 Å². The summed E-state index contributed by atoms with van der Waals surface area (Å²) >= 11 is 1.66. The van der Waals surface area contributed by atoms with Crippen LogP contribution in [0.3, 0.4) is 0 Å². The Morgan fingerprint density at radius 3 is 3.15 bits per heavy atom. The Morgan fingerprint density at radius 2 is 2.54 bits per heavy atom. The molecule has 4 heteroatoms. The molecule has 0 fully saturated rings. The van der Waals surface area contributed by atoms with Crippen molar-refractivity contribution in [3.63, 3.8) is 0 Å². The van der Waals surface area contributed by atoms with Crippen LogP contribution in [0.15, 0.2) is 22.1 Å². The van der Waals surface area contributed by atoms with Crippen molar-refractivity contribution >= 4 is 11.8 Å². The van der Waals surface area contributed by atoms with Gasteiger partial charge in [-0.05, 0) is 19.9 Å². The molecule has 0 bridgehead atoms. The van der Waals surface area contributed by atoms with Gasteiger partial charge in [0.2, 0.25) is 0 Å². The Hall–Kier alpha value is -0.480. The van der Waals surface area contributed by atoms with Crippen LogP contribution in [-0.2, 0) is 0 Å². The van der Waals surface area contributed by atoms with Crippen molar-refractivity contribution < 1.29 is 4.42 Å². The second-order valence-corrected chi connectivity index (χ2v) is 3.94. The third kappa shape index (κ3) is 4.33. The van der Waals surface area contributed by atoms with E-state index >= 15 is 0 Å². The molecule has 1 N–H and O–H groups in total. The summed E-state index contributed by atoms with van der Waals surface area (Å²) in [5.74, 6) is 1.05. The lowest BCUT2D eigenvalue weighted by Gasteiger charge is -2.10. The number of nitrogens with one attached hydrogen (secondary N) is 1. The first-order valence-electron chi connectivity index (χ1n) is 4.58. The highest BCUT2D eigenvalue weighted by Crippen LogP contribution is 2.16. The van der Waals surface area contributed by atoms with Crippen molar-refractivity contribution in [3.05, 3.63) is 12.5 Å². The maximum Gasteiger partial charge on any atom is 0.255 e. The maximum atomic E-state index is 5.11. The molecule has 0 saturated carbocycles.